The molecule has 12 heteroatoms. The first-order valence-corrected chi connectivity index (χ1v) is 13.3. The molecule has 0 bridgehead atoms. The van der Waals surface area contributed by atoms with Gasteiger partial charge in [-0.2, -0.15) is 0 Å². The standard InChI is InChI=1S/C23H29ClN6O4S/c1-15(2)35(33,34)29-14-20(30(23(29)32)19-8-6-5-7-18(19)24)22(31)28-11-9-27(10-12-28)21-17(4)25-13-16(3)26-21/h5-8,13,15,20H,9-12,14H2,1-4H3. The summed E-state index contributed by atoms with van der Waals surface area (Å²) in [6.45, 7) is 8.45. The normalized spacial score (nSPS) is 19.1. The number of nitrogens with zero attached hydrogens (tertiary/aromatic N) is 6. The molecule has 0 spiro atoms. The highest BCUT2D eigenvalue weighted by atomic mass is 35.5. The van der Waals surface area contributed by atoms with Gasteiger partial charge in [0.2, 0.25) is 15.9 Å². The molecule has 10 nitrogen and oxygen atoms in total. The fourth-order valence-corrected chi connectivity index (χ4v) is 5.71. The Morgan fingerprint density at radius 1 is 1.11 bits per heavy atom. The predicted molar refractivity (Wildman–Crippen MR) is 134 cm³/mol. The SMILES string of the molecule is Cc1cnc(C)c(N2CCN(C(=O)C3CN(S(=O)(=O)C(C)C)C(=O)N3c3ccccc3Cl)CC2)n1. The van der Waals surface area contributed by atoms with Crippen LogP contribution < -0.4 is 9.80 Å². The summed E-state index contributed by atoms with van der Waals surface area (Å²) in [5, 5.41) is -0.545. The molecule has 1 unspecified atom stereocenters. The van der Waals surface area contributed by atoms with Crippen LogP contribution in [0.1, 0.15) is 25.2 Å². The Morgan fingerprint density at radius 2 is 1.77 bits per heavy atom. The van der Waals surface area contributed by atoms with E-state index in [4.69, 9.17) is 11.6 Å². The third-order valence-electron chi connectivity index (χ3n) is 6.31. The third-order valence-corrected chi connectivity index (χ3v) is 8.74. The summed E-state index contributed by atoms with van der Waals surface area (Å²) in [4.78, 5) is 40.9. The van der Waals surface area contributed by atoms with E-state index in [2.05, 4.69) is 14.9 Å². The highest BCUT2D eigenvalue weighted by Crippen LogP contribution is 2.34. The van der Waals surface area contributed by atoms with E-state index in [0.29, 0.717) is 31.9 Å². The van der Waals surface area contributed by atoms with Crippen LogP contribution in [-0.2, 0) is 14.8 Å². The number of aromatic nitrogens is 2. The number of halogens is 1. The maximum absolute atomic E-state index is 13.7. The summed E-state index contributed by atoms with van der Waals surface area (Å²) in [6, 6.07) is 4.84. The number of hydrogen-bond acceptors (Lipinski definition) is 7. The van der Waals surface area contributed by atoms with Crippen LogP contribution in [-0.4, -0.2) is 83.5 Å². The predicted octanol–water partition coefficient (Wildman–Crippen LogP) is 2.44. The number of piperazine rings is 1. The van der Waals surface area contributed by atoms with Gasteiger partial charge in [-0.25, -0.2) is 22.5 Å². The minimum absolute atomic E-state index is 0.258. The average Bonchev–Trinajstić information content (AvgIpc) is 3.18. The number of hydrogen-bond donors (Lipinski definition) is 0. The summed E-state index contributed by atoms with van der Waals surface area (Å²) in [6.07, 6.45) is 1.72. The number of urea groups is 1. The molecule has 1 aromatic heterocycles. The zero-order valence-electron chi connectivity index (χ0n) is 20.2. The fraction of sp³-hybridized carbons (Fsp3) is 0.478. The number of anilines is 2. The third kappa shape index (κ3) is 4.66. The zero-order chi connectivity index (χ0) is 25.5. The molecule has 0 saturated carbocycles. The minimum atomic E-state index is -3.93. The number of amides is 3. The van der Waals surface area contributed by atoms with Crippen LogP contribution >= 0.6 is 11.6 Å². The van der Waals surface area contributed by atoms with Gasteiger partial charge in [-0.15, -0.1) is 0 Å². The van der Waals surface area contributed by atoms with Crippen LogP contribution in [0.15, 0.2) is 30.5 Å². The van der Waals surface area contributed by atoms with Crippen molar-refractivity contribution in [2.24, 2.45) is 0 Å². The van der Waals surface area contributed by atoms with E-state index in [1.807, 2.05) is 13.8 Å². The molecule has 4 rings (SSSR count). The van der Waals surface area contributed by atoms with Gasteiger partial charge in [0.15, 0.2) is 0 Å². The summed E-state index contributed by atoms with van der Waals surface area (Å²) in [5.74, 6) is 0.478. The minimum Gasteiger partial charge on any atom is -0.352 e. The van der Waals surface area contributed by atoms with E-state index in [1.165, 1.54) is 18.7 Å². The summed E-state index contributed by atoms with van der Waals surface area (Å²) < 4.78 is 26.6. The van der Waals surface area contributed by atoms with Crippen LogP contribution in [0.4, 0.5) is 16.3 Å². The van der Waals surface area contributed by atoms with Crippen LogP contribution in [0.2, 0.25) is 5.02 Å². The van der Waals surface area contributed by atoms with Crippen LogP contribution in [0.3, 0.4) is 0 Å². The highest BCUT2D eigenvalue weighted by molar-refractivity contribution is 7.90. The second-order valence-corrected chi connectivity index (χ2v) is 11.8. The van der Waals surface area contributed by atoms with E-state index >= 15 is 0 Å². The molecule has 1 aromatic carbocycles. The zero-order valence-corrected chi connectivity index (χ0v) is 21.8. The summed E-state index contributed by atoms with van der Waals surface area (Å²) in [5.41, 5.74) is 1.94. The smallest absolute Gasteiger partial charge is 0.339 e. The second kappa shape index (κ2) is 9.62. The summed E-state index contributed by atoms with van der Waals surface area (Å²) in [7, 11) is -3.93. The molecule has 3 amide bonds. The van der Waals surface area contributed by atoms with E-state index in [9.17, 15) is 18.0 Å². The Balaban J connectivity index is 1.59. The Hall–Kier alpha value is -2.92. The van der Waals surface area contributed by atoms with Crippen molar-refractivity contribution in [1.82, 2.24) is 19.2 Å². The molecule has 2 saturated heterocycles. The lowest BCUT2D eigenvalue weighted by Crippen LogP contribution is -2.55. The summed E-state index contributed by atoms with van der Waals surface area (Å²) >= 11 is 6.36. The van der Waals surface area contributed by atoms with Gasteiger partial charge in [0.25, 0.3) is 0 Å². The highest BCUT2D eigenvalue weighted by Gasteiger charge is 2.49. The van der Waals surface area contributed by atoms with Gasteiger partial charge in [-0.05, 0) is 39.8 Å². The molecule has 3 heterocycles. The number of benzene rings is 1. The van der Waals surface area contributed by atoms with Gasteiger partial charge in [-0.3, -0.25) is 14.7 Å². The van der Waals surface area contributed by atoms with Crippen LogP contribution in [0.5, 0.6) is 0 Å². The Morgan fingerprint density at radius 3 is 2.40 bits per heavy atom. The first-order chi connectivity index (χ1) is 16.5. The monoisotopic (exact) mass is 520 g/mol. The lowest BCUT2D eigenvalue weighted by atomic mass is 10.2. The molecule has 2 aromatic rings. The first-order valence-electron chi connectivity index (χ1n) is 11.5. The first kappa shape index (κ1) is 25.2. The van der Waals surface area contributed by atoms with Crippen molar-refractivity contribution in [2.75, 3.05) is 42.5 Å². The average molecular weight is 521 g/mol. The number of aryl methyl sites for hydroxylation is 2. The van der Waals surface area contributed by atoms with Gasteiger partial charge in [0, 0.05) is 32.4 Å². The number of para-hydroxylation sites is 1. The van der Waals surface area contributed by atoms with Gasteiger partial charge >= 0.3 is 6.03 Å². The van der Waals surface area contributed by atoms with E-state index in [0.717, 1.165) is 21.5 Å². The molecule has 1 atom stereocenters. The second-order valence-electron chi connectivity index (χ2n) is 8.98. The van der Waals surface area contributed by atoms with Crippen molar-refractivity contribution in [3.63, 3.8) is 0 Å². The van der Waals surface area contributed by atoms with Crippen molar-refractivity contribution in [1.29, 1.82) is 0 Å². The van der Waals surface area contributed by atoms with Crippen molar-refractivity contribution < 1.29 is 18.0 Å². The lowest BCUT2D eigenvalue weighted by Gasteiger charge is -2.37. The number of carbonyl (C=O) groups is 2. The molecule has 188 valence electrons. The molecular formula is C23H29ClN6O4S. The molecule has 0 radical (unpaired) electrons. The molecule has 0 N–H and O–H groups in total. The van der Waals surface area contributed by atoms with E-state index < -0.39 is 27.3 Å². The van der Waals surface area contributed by atoms with Crippen LogP contribution in [0.25, 0.3) is 0 Å². The molecule has 2 aliphatic heterocycles. The topological polar surface area (TPSA) is 107 Å². The Kier molecular flexibility index (Phi) is 6.92. The van der Waals surface area contributed by atoms with E-state index in [1.54, 1.807) is 35.4 Å². The largest absolute Gasteiger partial charge is 0.352 e. The fourth-order valence-electron chi connectivity index (χ4n) is 4.32. The Labute approximate surface area is 210 Å². The number of carbonyl (C=O) groups excluding carboxylic acids is 2. The van der Waals surface area contributed by atoms with Crippen molar-refractivity contribution >= 4 is 45.1 Å². The van der Waals surface area contributed by atoms with E-state index in [-0.39, 0.29) is 17.5 Å². The van der Waals surface area contributed by atoms with Gasteiger partial charge in [0.1, 0.15) is 11.9 Å². The van der Waals surface area contributed by atoms with Gasteiger partial charge in [0.05, 0.1) is 33.9 Å². The lowest BCUT2D eigenvalue weighted by molar-refractivity contribution is -0.132. The molecule has 0 aliphatic carbocycles. The van der Waals surface area contributed by atoms with Crippen LogP contribution in [0, 0.1) is 13.8 Å². The van der Waals surface area contributed by atoms with Crippen molar-refractivity contribution in [3.8, 4) is 0 Å². The maximum atomic E-state index is 13.7. The van der Waals surface area contributed by atoms with Gasteiger partial charge in [-0.1, -0.05) is 23.7 Å². The maximum Gasteiger partial charge on any atom is 0.339 e. The quantitative estimate of drug-likeness (QED) is 0.596. The molecule has 2 aliphatic rings. The molecular weight excluding hydrogens is 492 g/mol. The van der Waals surface area contributed by atoms with Crippen molar-refractivity contribution in [3.05, 3.63) is 46.9 Å². The number of rotatable bonds is 5. The molecule has 35 heavy (non-hydrogen) atoms. The number of sulfonamides is 1. The van der Waals surface area contributed by atoms with Crippen molar-refractivity contribution in [2.45, 2.75) is 39.0 Å². The Bertz CT molecular complexity index is 1250. The molecule has 2 fully saturated rings. The van der Waals surface area contributed by atoms with Gasteiger partial charge < -0.3 is 9.80 Å².